The highest BCUT2D eigenvalue weighted by atomic mass is 19.2. The highest BCUT2D eigenvalue weighted by Crippen LogP contribution is 2.17. The van der Waals surface area contributed by atoms with Gasteiger partial charge >= 0.3 is 0 Å². The summed E-state index contributed by atoms with van der Waals surface area (Å²) in [5.74, 6) is 3.97. The summed E-state index contributed by atoms with van der Waals surface area (Å²) in [7, 11) is 0. The van der Waals surface area contributed by atoms with Crippen LogP contribution in [0.25, 0.3) is 0 Å². The van der Waals surface area contributed by atoms with Crippen LogP contribution < -0.4 is 11.3 Å². The fourth-order valence-electron chi connectivity index (χ4n) is 2.56. The average molecular weight is 290 g/mol. The van der Waals surface area contributed by atoms with Crippen LogP contribution in [0.4, 0.5) is 8.78 Å². The Hall–Kier alpha value is -1.78. The van der Waals surface area contributed by atoms with Crippen molar-refractivity contribution in [2.75, 3.05) is 0 Å². The summed E-state index contributed by atoms with van der Waals surface area (Å²) >= 11 is 0. The molecule has 2 aromatic carbocycles. The fourth-order valence-corrected chi connectivity index (χ4v) is 2.56. The molecule has 0 radical (unpaired) electrons. The van der Waals surface area contributed by atoms with Crippen LogP contribution >= 0.6 is 0 Å². The summed E-state index contributed by atoms with van der Waals surface area (Å²) in [4.78, 5) is 0. The Labute approximate surface area is 124 Å². The topological polar surface area (TPSA) is 38.0 Å². The molecule has 0 heterocycles. The summed E-state index contributed by atoms with van der Waals surface area (Å²) in [6.07, 6.45) is 1.29. The van der Waals surface area contributed by atoms with Gasteiger partial charge in [0.05, 0.1) is 0 Å². The molecule has 0 aliphatic rings. The fraction of sp³-hybridized carbons (Fsp3) is 0.294. The van der Waals surface area contributed by atoms with Crippen molar-refractivity contribution in [3.05, 3.63) is 70.3 Å². The van der Waals surface area contributed by atoms with Crippen molar-refractivity contribution in [3.63, 3.8) is 0 Å². The Morgan fingerprint density at radius 3 is 2.24 bits per heavy atom. The molecule has 1 atom stereocenters. The van der Waals surface area contributed by atoms with Gasteiger partial charge in [0.2, 0.25) is 0 Å². The van der Waals surface area contributed by atoms with E-state index in [1.807, 2.05) is 6.07 Å². The molecule has 0 spiro atoms. The third kappa shape index (κ3) is 3.86. The van der Waals surface area contributed by atoms with Crippen molar-refractivity contribution in [1.29, 1.82) is 0 Å². The van der Waals surface area contributed by atoms with Gasteiger partial charge in [-0.05, 0) is 61.1 Å². The highest BCUT2D eigenvalue weighted by molar-refractivity contribution is 5.34. The first kappa shape index (κ1) is 15.6. The van der Waals surface area contributed by atoms with Crippen LogP contribution in [0.1, 0.15) is 22.3 Å². The monoisotopic (exact) mass is 290 g/mol. The molecular formula is C17H20F2N2. The molecule has 0 amide bonds. The standard InChI is InChI=1S/C17H20F2N2/c1-11-4-3-5-12(2)15(11)10-14(21-20)8-13-6-7-16(18)17(19)9-13/h3-7,9,14,21H,8,10,20H2,1-2H3. The number of nitrogens with two attached hydrogens (primary N) is 1. The van der Waals surface area contributed by atoms with Crippen molar-refractivity contribution in [3.8, 4) is 0 Å². The molecule has 0 saturated carbocycles. The van der Waals surface area contributed by atoms with E-state index in [4.69, 9.17) is 5.84 Å². The van der Waals surface area contributed by atoms with Crippen LogP contribution in [-0.4, -0.2) is 6.04 Å². The summed E-state index contributed by atoms with van der Waals surface area (Å²) in [6.45, 7) is 4.13. The highest BCUT2D eigenvalue weighted by Gasteiger charge is 2.13. The van der Waals surface area contributed by atoms with E-state index in [-0.39, 0.29) is 6.04 Å². The lowest BCUT2D eigenvalue weighted by Gasteiger charge is -2.19. The Bertz CT molecular complexity index is 606. The van der Waals surface area contributed by atoms with E-state index in [0.717, 1.165) is 18.1 Å². The smallest absolute Gasteiger partial charge is 0.159 e. The lowest BCUT2D eigenvalue weighted by Crippen LogP contribution is -2.38. The van der Waals surface area contributed by atoms with Crippen LogP contribution in [0.15, 0.2) is 36.4 Å². The van der Waals surface area contributed by atoms with Gasteiger partial charge in [-0.1, -0.05) is 24.3 Å². The van der Waals surface area contributed by atoms with Gasteiger partial charge < -0.3 is 0 Å². The number of hydrogen-bond donors (Lipinski definition) is 2. The largest absolute Gasteiger partial charge is 0.271 e. The van der Waals surface area contributed by atoms with Gasteiger partial charge in [0.25, 0.3) is 0 Å². The maximum absolute atomic E-state index is 13.3. The van der Waals surface area contributed by atoms with E-state index in [9.17, 15) is 8.78 Å². The molecule has 0 aliphatic heterocycles. The van der Waals surface area contributed by atoms with E-state index in [1.165, 1.54) is 22.8 Å². The van der Waals surface area contributed by atoms with Gasteiger partial charge in [-0.3, -0.25) is 11.3 Å². The Morgan fingerprint density at radius 1 is 1.00 bits per heavy atom. The number of hydrogen-bond acceptors (Lipinski definition) is 2. The van der Waals surface area contributed by atoms with E-state index in [2.05, 4.69) is 31.4 Å². The third-order valence-corrected chi connectivity index (χ3v) is 3.80. The quantitative estimate of drug-likeness (QED) is 0.655. The van der Waals surface area contributed by atoms with Crippen LogP contribution in [0.5, 0.6) is 0 Å². The molecule has 112 valence electrons. The van der Waals surface area contributed by atoms with Gasteiger partial charge in [-0.2, -0.15) is 0 Å². The number of rotatable bonds is 5. The average Bonchev–Trinajstić information content (AvgIpc) is 2.45. The van der Waals surface area contributed by atoms with Crippen molar-refractivity contribution >= 4 is 0 Å². The molecule has 2 rings (SSSR count). The minimum absolute atomic E-state index is 0.0327. The second-order valence-corrected chi connectivity index (χ2v) is 5.39. The minimum Gasteiger partial charge on any atom is -0.271 e. The van der Waals surface area contributed by atoms with Crippen molar-refractivity contribution in [1.82, 2.24) is 5.43 Å². The van der Waals surface area contributed by atoms with Crippen LogP contribution in [0, 0.1) is 25.5 Å². The molecule has 0 aromatic heterocycles. The molecule has 0 saturated heterocycles. The molecule has 0 aliphatic carbocycles. The Kier molecular flexibility index (Phi) is 5.04. The third-order valence-electron chi connectivity index (χ3n) is 3.80. The molecule has 0 fully saturated rings. The minimum atomic E-state index is -0.828. The number of halogens is 2. The zero-order valence-corrected chi connectivity index (χ0v) is 12.3. The van der Waals surface area contributed by atoms with E-state index < -0.39 is 11.6 Å². The number of benzene rings is 2. The van der Waals surface area contributed by atoms with Crippen molar-refractivity contribution in [2.45, 2.75) is 32.7 Å². The maximum Gasteiger partial charge on any atom is 0.159 e. The van der Waals surface area contributed by atoms with E-state index in [1.54, 1.807) is 6.07 Å². The van der Waals surface area contributed by atoms with Gasteiger partial charge in [0.15, 0.2) is 11.6 Å². The van der Waals surface area contributed by atoms with Gasteiger partial charge in [0, 0.05) is 6.04 Å². The van der Waals surface area contributed by atoms with Gasteiger partial charge in [-0.15, -0.1) is 0 Å². The van der Waals surface area contributed by atoms with Crippen molar-refractivity contribution in [2.24, 2.45) is 5.84 Å². The predicted molar refractivity (Wildman–Crippen MR) is 80.8 cm³/mol. The summed E-state index contributed by atoms with van der Waals surface area (Å²) in [5, 5.41) is 0. The summed E-state index contributed by atoms with van der Waals surface area (Å²) < 4.78 is 26.2. The molecule has 0 bridgehead atoms. The second-order valence-electron chi connectivity index (χ2n) is 5.39. The van der Waals surface area contributed by atoms with E-state index in [0.29, 0.717) is 6.42 Å². The summed E-state index contributed by atoms with van der Waals surface area (Å²) in [6, 6.07) is 10.1. The van der Waals surface area contributed by atoms with E-state index >= 15 is 0 Å². The zero-order valence-electron chi connectivity index (χ0n) is 12.3. The normalized spacial score (nSPS) is 12.4. The second kappa shape index (κ2) is 6.78. The van der Waals surface area contributed by atoms with Crippen LogP contribution in [0.3, 0.4) is 0 Å². The SMILES string of the molecule is Cc1cccc(C)c1CC(Cc1ccc(F)c(F)c1)NN. The first-order valence-corrected chi connectivity index (χ1v) is 6.96. The number of hydrazine groups is 1. The lowest BCUT2D eigenvalue weighted by atomic mass is 9.93. The number of nitrogens with one attached hydrogen (secondary N) is 1. The van der Waals surface area contributed by atoms with Crippen molar-refractivity contribution < 1.29 is 8.78 Å². The summed E-state index contributed by atoms with van der Waals surface area (Å²) in [5.41, 5.74) is 7.15. The first-order chi connectivity index (χ1) is 10.0. The molecule has 2 nitrogen and oxygen atoms in total. The maximum atomic E-state index is 13.3. The predicted octanol–water partition coefficient (Wildman–Crippen LogP) is 3.20. The van der Waals surface area contributed by atoms with Gasteiger partial charge in [-0.25, -0.2) is 8.78 Å². The Morgan fingerprint density at radius 2 is 1.67 bits per heavy atom. The molecule has 21 heavy (non-hydrogen) atoms. The molecule has 3 N–H and O–H groups in total. The zero-order chi connectivity index (χ0) is 15.4. The molecule has 2 aromatic rings. The molecule has 4 heteroatoms. The molecular weight excluding hydrogens is 270 g/mol. The van der Waals surface area contributed by atoms with Crippen LogP contribution in [0.2, 0.25) is 0 Å². The Balaban J connectivity index is 2.15. The molecule has 1 unspecified atom stereocenters. The lowest BCUT2D eigenvalue weighted by molar-refractivity contribution is 0.497. The number of aryl methyl sites for hydroxylation is 2. The van der Waals surface area contributed by atoms with Gasteiger partial charge in [0.1, 0.15) is 0 Å². The first-order valence-electron chi connectivity index (χ1n) is 6.96. The van der Waals surface area contributed by atoms with Crippen LogP contribution in [-0.2, 0) is 12.8 Å².